The predicted octanol–water partition coefficient (Wildman–Crippen LogP) is 2.19. The number of ether oxygens (including phenoxy) is 1. The summed E-state index contributed by atoms with van der Waals surface area (Å²) in [7, 11) is 0. The highest BCUT2D eigenvalue weighted by Crippen LogP contribution is 2.31. The van der Waals surface area contributed by atoms with Gasteiger partial charge in [-0.15, -0.1) is 0 Å². The fourth-order valence-corrected chi connectivity index (χ4v) is 2.14. The first kappa shape index (κ1) is 11.0. The summed E-state index contributed by atoms with van der Waals surface area (Å²) < 4.78 is 5.49. The molecule has 0 spiro atoms. The second kappa shape index (κ2) is 4.16. The molecule has 0 aliphatic carbocycles. The van der Waals surface area contributed by atoms with Crippen molar-refractivity contribution in [2.45, 2.75) is 26.7 Å². The maximum Gasteiger partial charge on any atom is 0.306 e. The zero-order valence-corrected chi connectivity index (χ0v) is 9.62. The molecule has 0 saturated carbocycles. The molecule has 0 fully saturated rings. The van der Waals surface area contributed by atoms with E-state index in [1.165, 1.54) is 5.56 Å². The van der Waals surface area contributed by atoms with Crippen molar-refractivity contribution in [1.82, 2.24) is 0 Å². The maximum absolute atomic E-state index is 10.9. The molecule has 2 rings (SSSR count). The van der Waals surface area contributed by atoms with Gasteiger partial charge in [0.15, 0.2) is 0 Å². The van der Waals surface area contributed by atoms with E-state index in [4.69, 9.17) is 9.84 Å². The first-order valence-corrected chi connectivity index (χ1v) is 5.56. The van der Waals surface area contributed by atoms with E-state index in [0.717, 1.165) is 23.3 Å². The summed E-state index contributed by atoms with van der Waals surface area (Å²) >= 11 is 0. The van der Waals surface area contributed by atoms with Crippen molar-refractivity contribution in [3.05, 3.63) is 28.8 Å². The van der Waals surface area contributed by atoms with Crippen LogP contribution >= 0.6 is 0 Å². The molecule has 0 amide bonds. The Kier molecular flexibility index (Phi) is 2.86. The van der Waals surface area contributed by atoms with Gasteiger partial charge in [-0.2, -0.15) is 0 Å². The Morgan fingerprint density at radius 1 is 1.56 bits per heavy atom. The smallest absolute Gasteiger partial charge is 0.306 e. The highest BCUT2D eigenvalue weighted by Gasteiger charge is 2.21. The van der Waals surface area contributed by atoms with E-state index < -0.39 is 5.97 Å². The lowest BCUT2D eigenvalue weighted by Crippen LogP contribution is -2.14. The Hall–Kier alpha value is -1.51. The number of carboxylic acid groups (broad SMARTS) is 1. The summed E-state index contributed by atoms with van der Waals surface area (Å²) in [5.41, 5.74) is 3.52. The Bertz CT molecular complexity index is 423. The molecule has 0 saturated heterocycles. The minimum atomic E-state index is -0.740. The van der Waals surface area contributed by atoms with Crippen LogP contribution in [0.5, 0.6) is 5.75 Å². The van der Waals surface area contributed by atoms with Crippen molar-refractivity contribution in [2.24, 2.45) is 5.92 Å². The van der Waals surface area contributed by atoms with Crippen LogP contribution in [0.15, 0.2) is 12.1 Å². The van der Waals surface area contributed by atoms with Gasteiger partial charge in [0.05, 0.1) is 12.5 Å². The molecular weight excluding hydrogens is 204 g/mol. The van der Waals surface area contributed by atoms with Crippen molar-refractivity contribution >= 4 is 5.97 Å². The highest BCUT2D eigenvalue weighted by atomic mass is 16.5. The molecule has 1 N–H and O–H groups in total. The van der Waals surface area contributed by atoms with Gasteiger partial charge in [-0.1, -0.05) is 13.0 Å². The van der Waals surface area contributed by atoms with Gasteiger partial charge >= 0.3 is 5.97 Å². The number of carbonyl (C=O) groups is 1. The molecule has 1 atom stereocenters. The van der Waals surface area contributed by atoms with Crippen LogP contribution in [0.25, 0.3) is 0 Å². The Morgan fingerprint density at radius 2 is 2.31 bits per heavy atom. The minimum absolute atomic E-state index is 0.342. The quantitative estimate of drug-likeness (QED) is 0.849. The van der Waals surface area contributed by atoms with E-state index in [0.29, 0.717) is 13.0 Å². The van der Waals surface area contributed by atoms with Crippen LogP contribution in [0.4, 0.5) is 0 Å². The van der Waals surface area contributed by atoms with Gasteiger partial charge in [0.1, 0.15) is 5.75 Å². The third kappa shape index (κ3) is 1.90. The van der Waals surface area contributed by atoms with Gasteiger partial charge in [0, 0.05) is 12.0 Å². The van der Waals surface area contributed by atoms with Gasteiger partial charge < -0.3 is 9.84 Å². The van der Waals surface area contributed by atoms with Crippen molar-refractivity contribution in [2.75, 3.05) is 6.61 Å². The minimum Gasteiger partial charge on any atom is -0.493 e. The molecule has 16 heavy (non-hydrogen) atoms. The number of rotatable bonds is 3. The van der Waals surface area contributed by atoms with Gasteiger partial charge in [0.25, 0.3) is 0 Å². The molecule has 1 aliphatic rings. The number of carboxylic acids is 1. The molecule has 3 nitrogen and oxygen atoms in total. The summed E-state index contributed by atoms with van der Waals surface area (Å²) in [5, 5.41) is 8.95. The van der Waals surface area contributed by atoms with Crippen molar-refractivity contribution in [1.29, 1.82) is 0 Å². The molecular formula is C13H16O3. The van der Waals surface area contributed by atoms with Crippen LogP contribution in [0.2, 0.25) is 0 Å². The maximum atomic E-state index is 10.9. The second-order valence-corrected chi connectivity index (χ2v) is 4.38. The summed E-state index contributed by atoms with van der Waals surface area (Å²) in [5.74, 6) is -0.153. The molecule has 1 aliphatic heterocycles. The molecule has 3 heteroatoms. The van der Waals surface area contributed by atoms with Crippen molar-refractivity contribution in [3.63, 3.8) is 0 Å². The first-order valence-electron chi connectivity index (χ1n) is 5.56. The van der Waals surface area contributed by atoms with E-state index in [1.54, 1.807) is 6.92 Å². The predicted molar refractivity (Wildman–Crippen MR) is 60.9 cm³/mol. The summed E-state index contributed by atoms with van der Waals surface area (Å²) in [6.45, 7) is 4.49. The van der Waals surface area contributed by atoms with Gasteiger partial charge in [0.2, 0.25) is 0 Å². The summed E-state index contributed by atoms with van der Waals surface area (Å²) in [4.78, 5) is 10.9. The zero-order chi connectivity index (χ0) is 11.7. The van der Waals surface area contributed by atoms with E-state index in [2.05, 4.69) is 0 Å². The van der Waals surface area contributed by atoms with E-state index in [9.17, 15) is 4.79 Å². The lowest BCUT2D eigenvalue weighted by molar-refractivity contribution is -0.141. The number of fused-ring (bicyclic) bond motifs is 1. The van der Waals surface area contributed by atoms with Gasteiger partial charge in [-0.05, 0) is 30.5 Å². The molecule has 1 heterocycles. The van der Waals surface area contributed by atoms with Crippen LogP contribution < -0.4 is 4.74 Å². The number of aryl methyl sites for hydroxylation is 1. The topological polar surface area (TPSA) is 46.5 Å². The third-order valence-corrected chi connectivity index (χ3v) is 3.16. The molecule has 86 valence electrons. The average Bonchev–Trinajstić information content (AvgIpc) is 2.70. The fourth-order valence-electron chi connectivity index (χ4n) is 2.14. The summed E-state index contributed by atoms with van der Waals surface area (Å²) in [6, 6.07) is 3.99. The van der Waals surface area contributed by atoms with Gasteiger partial charge in [-0.25, -0.2) is 0 Å². The molecule has 0 aromatic heterocycles. The molecule has 1 aromatic carbocycles. The Labute approximate surface area is 95.0 Å². The average molecular weight is 220 g/mol. The molecule has 1 aromatic rings. The number of aliphatic carboxylic acids is 1. The second-order valence-electron chi connectivity index (χ2n) is 4.38. The Morgan fingerprint density at radius 3 is 3.00 bits per heavy atom. The van der Waals surface area contributed by atoms with Crippen LogP contribution in [0.3, 0.4) is 0 Å². The monoisotopic (exact) mass is 220 g/mol. The van der Waals surface area contributed by atoms with E-state index in [1.807, 2.05) is 19.1 Å². The van der Waals surface area contributed by atoms with Crippen LogP contribution in [0.1, 0.15) is 23.6 Å². The number of hydrogen-bond donors (Lipinski definition) is 1. The molecule has 1 unspecified atom stereocenters. The summed E-state index contributed by atoms with van der Waals surface area (Å²) in [6.07, 6.45) is 1.49. The number of benzene rings is 1. The standard InChI is InChI=1S/C13H16O3/c1-8-3-4-12-10(5-6-16-12)11(8)7-9(2)13(14)15/h3-4,9H,5-7H2,1-2H3,(H,14,15). The van der Waals surface area contributed by atoms with Crippen LogP contribution in [0, 0.1) is 12.8 Å². The number of hydrogen-bond acceptors (Lipinski definition) is 2. The normalized spacial score (nSPS) is 15.4. The first-order chi connectivity index (χ1) is 7.59. The fraction of sp³-hybridized carbons (Fsp3) is 0.462. The van der Waals surface area contributed by atoms with E-state index in [-0.39, 0.29) is 5.92 Å². The largest absolute Gasteiger partial charge is 0.493 e. The Balaban J connectivity index is 2.33. The molecule has 0 radical (unpaired) electrons. The third-order valence-electron chi connectivity index (χ3n) is 3.16. The lowest BCUT2D eigenvalue weighted by Gasteiger charge is -2.13. The lowest BCUT2D eigenvalue weighted by atomic mass is 9.92. The van der Waals surface area contributed by atoms with Crippen LogP contribution in [-0.2, 0) is 17.6 Å². The van der Waals surface area contributed by atoms with E-state index >= 15 is 0 Å². The van der Waals surface area contributed by atoms with Crippen molar-refractivity contribution in [3.8, 4) is 5.75 Å². The van der Waals surface area contributed by atoms with Crippen molar-refractivity contribution < 1.29 is 14.6 Å². The SMILES string of the molecule is Cc1ccc2c(c1CC(C)C(=O)O)CCO2. The highest BCUT2D eigenvalue weighted by molar-refractivity contribution is 5.70. The zero-order valence-electron chi connectivity index (χ0n) is 9.62. The van der Waals surface area contributed by atoms with Gasteiger partial charge in [-0.3, -0.25) is 4.79 Å². The van der Waals surface area contributed by atoms with Crippen LogP contribution in [-0.4, -0.2) is 17.7 Å². The molecule has 0 bridgehead atoms.